The summed E-state index contributed by atoms with van der Waals surface area (Å²) < 4.78 is 3.42. The maximum Gasteiger partial charge on any atom is 0.330 e. The highest BCUT2D eigenvalue weighted by Gasteiger charge is 2.29. The zero-order valence-electron chi connectivity index (χ0n) is 9.68. The second-order valence-corrected chi connectivity index (χ2v) is 4.60. The van der Waals surface area contributed by atoms with Crippen LogP contribution in [0.4, 0.5) is 0 Å². The molecule has 17 heavy (non-hydrogen) atoms. The summed E-state index contributed by atoms with van der Waals surface area (Å²) in [4.78, 5) is 16.6. The molecule has 0 saturated heterocycles. The molecule has 0 radical (unpaired) electrons. The van der Waals surface area contributed by atoms with E-state index in [0.717, 1.165) is 18.4 Å². The molecule has 0 bridgehead atoms. The molecule has 3 rings (SSSR count). The van der Waals surface area contributed by atoms with E-state index < -0.39 is 0 Å². The van der Waals surface area contributed by atoms with Gasteiger partial charge < -0.3 is 5.41 Å². The van der Waals surface area contributed by atoms with Crippen LogP contribution in [0.1, 0.15) is 25.8 Å². The van der Waals surface area contributed by atoms with E-state index in [-0.39, 0.29) is 5.69 Å². The first-order chi connectivity index (χ1) is 8.18. The van der Waals surface area contributed by atoms with Gasteiger partial charge in [0.05, 0.1) is 12.1 Å². The zero-order valence-corrected chi connectivity index (χ0v) is 9.68. The Kier molecular flexibility index (Phi) is 2.14. The average molecular weight is 230 g/mol. The van der Waals surface area contributed by atoms with E-state index in [0.29, 0.717) is 23.9 Å². The molecule has 0 spiro atoms. The van der Waals surface area contributed by atoms with Gasteiger partial charge in [0.2, 0.25) is 0 Å². The summed E-state index contributed by atoms with van der Waals surface area (Å²) in [5, 5.41) is 7.54. The Hall–Kier alpha value is -1.91. The number of imidazole rings is 1. The number of nitrogens with one attached hydrogen (secondary N) is 1. The second-order valence-electron chi connectivity index (χ2n) is 4.60. The van der Waals surface area contributed by atoms with Gasteiger partial charge in [-0.1, -0.05) is 0 Å². The molecular formula is C12H14N4O. The zero-order chi connectivity index (χ0) is 12.0. The molecular weight excluding hydrogens is 216 g/mol. The minimum atomic E-state index is -0.0344. The van der Waals surface area contributed by atoms with Gasteiger partial charge in [-0.15, -0.1) is 0 Å². The largest absolute Gasteiger partial charge is 0.330 e. The summed E-state index contributed by atoms with van der Waals surface area (Å²) in [6, 6.07) is 4.11. The van der Waals surface area contributed by atoms with Gasteiger partial charge in [0, 0.05) is 18.0 Å². The average Bonchev–Trinajstić information content (AvgIpc) is 3.08. The van der Waals surface area contributed by atoms with Crippen molar-refractivity contribution in [2.75, 3.05) is 0 Å². The van der Waals surface area contributed by atoms with Crippen molar-refractivity contribution in [2.45, 2.75) is 32.4 Å². The summed E-state index contributed by atoms with van der Waals surface area (Å²) in [6.07, 6.45) is 3.82. The van der Waals surface area contributed by atoms with Crippen LogP contribution in [0.5, 0.6) is 0 Å². The molecule has 1 aliphatic carbocycles. The summed E-state index contributed by atoms with van der Waals surface area (Å²) >= 11 is 0. The van der Waals surface area contributed by atoms with Crippen molar-refractivity contribution in [1.82, 2.24) is 14.1 Å². The Balaban J connectivity index is 2.30. The van der Waals surface area contributed by atoms with Gasteiger partial charge >= 0.3 is 5.69 Å². The smallest absolute Gasteiger partial charge is 0.308 e. The van der Waals surface area contributed by atoms with Crippen LogP contribution in [-0.4, -0.2) is 19.8 Å². The van der Waals surface area contributed by atoms with E-state index in [9.17, 15) is 4.79 Å². The third kappa shape index (κ3) is 1.58. The van der Waals surface area contributed by atoms with Gasteiger partial charge in [0.15, 0.2) is 5.65 Å². The van der Waals surface area contributed by atoms with Crippen LogP contribution >= 0.6 is 0 Å². The van der Waals surface area contributed by atoms with Crippen molar-refractivity contribution >= 4 is 16.9 Å². The Labute approximate surface area is 98.2 Å². The number of pyridine rings is 1. The minimum Gasteiger partial charge on any atom is -0.308 e. The minimum absolute atomic E-state index is 0.0344. The molecule has 1 aliphatic rings. The first-order valence-electron chi connectivity index (χ1n) is 5.78. The monoisotopic (exact) mass is 230 g/mol. The molecule has 1 fully saturated rings. The Morgan fingerprint density at radius 1 is 1.59 bits per heavy atom. The third-order valence-corrected chi connectivity index (χ3v) is 3.03. The molecule has 0 aromatic carbocycles. The molecule has 88 valence electrons. The summed E-state index contributed by atoms with van der Waals surface area (Å²) in [5.74, 6) is 0. The molecule has 5 nitrogen and oxygen atoms in total. The first-order valence-corrected chi connectivity index (χ1v) is 5.78. The number of rotatable bonds is 3. The van der Waals surface area contributed by atoms with Crippen molar-refractivity contribution in [3.8, 4) is 0 Å². The number of hydrogen-bond acceptors (Lipinski definition) is 3. The van der Waals surface area contributed by atoms with E-state index >= 15 is 0 Å². The van der Waals surface area contributed by atoms with Crippen LogP contribution in [0.25, 0.3) is 11.2 Å². The maximum absolute atomic E-state index is 12.3. The molecule has 2 aromatic rings. The molecule has 0 amide bonds. The lowest BCUT2D eigenvalue weighted by Crippen LogP contribution is -2.25. The maximum atomic E-state index is 12.3. The number of nitrogens with zero attached hydrogens (tertiary/aromatic N) is 3. The topological polar surface area (TPSA) is 63.7 Å². The van der Waals surface area contributed by atoms with Crippen LogP contribution in [0, 0.1) is 5.41 Å². The van der Waals surface area contributed by atoms with Gasteiger partial charge in [-0.25, -0.2) is 9.78 Å². The van der Waals surface area contributed by atoms with Gasteiger partial charge in [0.25, 0.3) is 0 Å². The normalized spacial score (nSPS) is 15.4. The van der Waals surface area contributed by atoms with Crippen LogP contribution in [0.15, 0.2) is 23.1 Å². The highest BCUT2D eigenvalue weighted by molar-refractivity contribution is 5.80. The Morgan fingerprint density at radius 2 is 2.35 bits per heavy atom. The van der Waals surface area contributed by atoms with E-state index in [1.807, 2.05) is 16.7 Å². The van der Waals surface area contributed by atoms with E-state index in [1.54, 1.807) is 17.7 Å². The van der Waals surface area contributed by atoms with Crippen LogP contribution in [0.2, 0.25) is 0 Å². The van der Waals surface area contributed by atoms with Crippen molar-refractivity contribution in [3.63, 3.8) is 0 Å². The quantitative estimate of drug-likeness (QED) is 0.813. The molecule has 1 N–H and O–H groups in total. The van der Waals surface area contributed by atoms with Gasteiger partial charge in [-0.3, -0.25) is 9.13 Å². The summed E-state index contributed by atoms with van der Waals surface area (Å²) in [6.45, 7) is 2.03. The summed E-state index contributed by atoms with van der Waals surface area (Å²) in [5.41, 5.74) is 2.01. The molecule has 2 heterocycles. The first kappa shape index (κ1) is 10.3. The predicted molar refractivity (Wildman–Crippen MR) is 65.7 cm³/mol. The second kappa shape index (κ2) is 3.55. The number of fused-ring (bicyclic) bond motifs is 1. The highest BCUT2D eigenvalue weighted by Crippen LogP contribution is 2.35. The number of hydrogen-bond donors (Lipinski definition) is 1. The standard InChI is InChI=1S/C12H14N4O/c1-8(13)7-15-11-10(3-2-6-14-11)16(12(15)17)9-4-5-9/h2-3,6,9,13H,4-5,7H2,1H3. The van der Waals surface area contributed by atoms with Crippen molar-refractivity contribution in [2.24, 2.45) is 0 Å². The van der Waals surface area contributed by atoms with E-state index in [2.05, 4.69) is 4.98 Å². The van der Waals surface area contributed by atoms with Crippen molar-refractivity contribution in [3.05, 3.63) is 28.8 Å². The summed E-state index contributed by atoms with van der Waals surface area (Å²) in [7, 11) is 0. The molecule has 0 atom stereocenters. The van der Waals surface area contributed by atoms with Crippen LogP contribution in [-0.2, 0) is 6.54 Å². The van der Waals surface area contributed by atoms with Crippen LogP contribution < -0.4 is 5.69 Å². The fourth-order valence-corrected chi connectivity index (χ4v) is 2.17. The lowest BCUT2D eigenvalue weighted by atomic mass is 10.4. The molecule has 0 aliphatic heterocycles. The van der Waals surface area contributed by atoms with Gasteiger partial charge in [-0.05, 0) is 31.9 Å². The predicted octanol–water partition coefficient (Wildman–Crippen LogP) is 1.57. The van der Waals surface area contributed by atoms with Crippen molar-refractivity contribution < 1.29 is 0 Å². The fraction of sp³-hybridized carbons (Fsp3) is 0.417. The molecule has 0 unspecified atom stereocenters. The Bertz CT molecular complexity index is 648. The van der Waals surface area contributed by atoms with Gasteiger partial charge in [-0.2, -0.15) is 0 Å². The molecule has 1 saturated carbocycles. The van der Waals surface area contributed by atoms with E-state index in [1.165, 1.54) is 0 Å². The van der Waals surface area contributed by atoms with Crippen LogP contribution in [0.3, 0.4) is 0 Å². The number of aromatic nitrogens is 3. The Morgan fingerprint density at radius 3 is 3.00 bits per heavy atom. The fourth-order valence-electron chi connectivity index (χ4n) is 2.17. The molecule has 5 heteroatoms. The van der Waals surface area contributed by atoms with Crippen molar-refractivity contribution in [1.29, 1.82) is 5.41 Å². The third-order valence-electron chi connectivity index (χ3n) is 3.03. The SMILES string of the molecule is CC(=N)Cn1c(=O)n(C2CC2)c2cccnc21. The lowest BCUT2D eigenvalue weighted by Gasteiger charge is -1.99. The molecule has 2 aromatic heterocycles. The lowest BCUT2D eigenvalue weighted by molar-refractivity contribution is 0.683. The highest BCUT2D eigenvalue weighted by atomic mass is 16.1. The van der Waals surface area contributed by atoms with E-state index in [4.69, 9.17) is 5.41 Å². The van der Waals surface area contributed by atoms with Gasteiger partial charge in [0.1, 0.15) is 0 Å².